The lowest BCUT2D eigenvalue weighted by Crippen LogP contribution is -2.40. The van der Waals surface area contributed by atoms with Gasteiger partial charge in [0.05, 0.1) is 21.8 Å². The largest absolute Gasteiger partial charge is 0.398 e. The van der Waals surface area contributed by atoms with Gasteiger partial charge in [0.2, 0.25) is 5.95 Å². The standard InChI is InChI=1S/C23H27ClN6O.CH4/c1-30(2)21-16-6-3-4-9-19(16)28-23(29-21)27-15-12-10-14(11-13-15)26-22(31)17-7-5-8-18(25)20(17)24;/h3-9,14-15H,10-13,25H2,1-2H3,(H,26,31)(H,27,28,29);1H4. The van der Waals surface area contributed by atoms with Crippen molar-refractivity contribution in [2.75, 3.05) is 30.0 Å². The highest BCUT2D eigenvalue weighted by Gasteiger charge is 2.24. The van der Waals surface area contributed by atoms with Crippen LogP contribution in [0.2, 0.25) is 5.02 Å². The van der Waals surface area contributed by atoms with E-state index in [1.54, 1.807) is 18.2 Å². The highest BCUT2D eigenvalue weighted by Crippen LogP contribution is 2.27. The Morgan fingerprint density at radius 3 is 2.44 bits per heavy atom. The average molecular weight is 455 g/mol. The minimum absolute atomic E-state index is 0. The van der Waals surface area contributed by atoms with Gasteiger partial charge in [-0.2, -0.15) is 4.98 Å². The number of fused-ring (bicyclic) bond motifs is 1. The lowest BCUT2D eigenvalue weighted by Gasteiger charge is -2.30. The monoisotopic (exact) mass is 454 g/mol. The number of para-hydroxylation sites is 1. The van der Waals surface area contributed by atoms with E-state index in [0.717, 1.165) is 42.4 Å². The predicted molar refractivity (Wildman–Crippen MR) is 134 cm³/mol. The molecule has 0 spiro atoms. The molecule has 0 radical (unpaired) electrons. The summed E-state index contributed by atoms with van der Waals surface area (Å²) in [7, 11) is 3.97. The van der Waals surface area contributed by atoms with Gasteiger partial charge in [-0.3, -0.25) is 4.79 Å². The van der Waals surface area contributed by atoms with Crippen molar-refractivity contribution in [1.29, 1.82) is 0 Å². The van der Waals surface area contributed by atoms with Gasteiger partial charge in [0.1, 0.15) is 5.82 Å². The van der Waals surface area contributed by atoms with Crippen LogP contribution < -0.4 is 21.3 Å². The minimum atomic E-state index is -0.179. The van der Waals surface area contributed by atoms with E-state index in [0.29, 0.717) is 22.2 Å². The number of carbonyl (C=O) groups is 1. The van der Waals surface area contributed by atoms with Crippen molar-refractivity contribution < 1.29 is 4.79 Å². The number of amides is 1. The van der Waals surface area contributed by atoms with Gasteiger partial charge in [-0.25, -0.2) is 4.98 Å². The number of halogens is 1. The molecular weight excluding hydrogens is 424 g/mol. The van der Waals surface area contributed by atoms with Crippen LogP contribution in [-0.4, -0.2) is 42.1 Å². The molecule has 1 heterocycles. The number of nitrogens with zero attached hydrogens (tertiary/aromatic N) is 3. The fourth-order valence-corrected chi connectivity index (χ4v) is 4.23. The van der Waals surface area contributed by atoms with Gasteiger partial charge in [0.25, 0.3) is 5.91 Å². The summed E-state index contributed by atoms with van der Waals surface area (Å²) in [6.45, 7) is 0. The summed E-state index contributed by atoms with van der Waals surface area (Å²) in [6, 6.07) is 13.5. The minimum Gasteiger partial charge on any atom is -0.398 e. The van der Waals surface area contributed by atoms with Gasteiger partial charge in [0, 0.05) is 31.6 Å². The van der Waals surface area contributed by atoms with Crippen LogP contribution in [0.15, 0.2) is 42.5 Å². The molecule has 0 aliphatic heterocycles. The number of anilines is 3. The Morgan fingerprint density at radius 1 is 1.03 bits per heavy atom. The Bertz CT molecular complexity index is 1100. The maximum Gasteiger partial charge on any atom is 0.253 e. The molecule has 0 saturated heterocycles. The average Bonchev–Trinajstić information content (AvgIpc) is 2.76. The summed E-state index contributed by atoms with van der Waals surface area (Å²) < 4.78 is 0. The third kappa shape index (κ3) is 5.05. The van der Waals surface area contributed by atoms with E-state index in [4.69, 9.17) is 27.3 Å². The molecule has 8 heteroatoms. The molecule has 1 fully saturated rings. The first-order chi connectivity index (χ1) is 14.9. The Kier molecular flexibility index (Phi) is 7.40. The molecule has 1 aromatic heterocycles. The first kappa shape index (κ1) is 23.6. The van der Waals surface area contributed by atoms with Crippen LogP contribution >= 0.6 is 11.6 Å². The number of hydrogen-bond donors (Lipinski definition) is 3. The number of rotatable bonds is 5. The molecule has 2 aromatic carbocycles. The maximum absolute atomic E-state index is 12.6. The van der Waals surface area contributed by atoms with E-state index in [1.807, 2.05) is 43.3 Å². The third-order valence-electron chi connectivity index (χ3n) is 5.68. The van der Waals surface area contributed by atoms with Gasteiger partial charge in [-0.05, 0) is 49.9 Å². The molecule has 0 atom stereocenters. The van der Waals surface area contributed by atoms with Gasteiger partial charge >= 0.3 is 0 Å². The zero-order chi connectivity index (χ0) is 22.0. The normalized spacial score (nSPS) is 18.0. The van der Waals surface area contributed by atoms with Crippen molar-refractivity contribution in [1.82, 2.24) is 15.3 Å². The highest BCUT2D eigenvalue weighted by molar-refractivity contribution is 6.36. The Morgan fingerprint density at radius 2 is 1.72 bits per heavy atom. The second-order valence-corrected chi connectivity index (χ2v) is 8.54. The molecule has 7 nitrogen and oxygen atoms in total. The number of aromatic nitrogens is 2. The van der Waals surface area contributed by atoms with E-state index >= 15 is 0 Å². The number of benzene rings is 2. The Hall–Kier alpha value is -3.06. The zero-order valence-corrected chi connectivity index (χ0v) is 18.5. The van der Waals surface area contributed by atoms with Crippen LogP contribution in [0.5, 0.6) is 0 Å². The molecule has 1 aliphatic carbocycles. The third-order valence-corrected chi connectivity index (χ3v) is 6.10. The fourth-order valence-electron chi connectivity index (χ4n) is 4.02. The van der Waals surface area contributed by atoms with Crippen LogP contribution in [0.1, 0.15) is 43.5 Å². The summed E-state index contributed by atoms with van der Waals surface area (Å²) in [4.78, 5) is 24.0. The van der Waals surface area contributed by atoms with Crippen LogP contribution in [0.4, 0.5) is 17.5 Å². The maximum atomic E-state index is 12.6. The molecule has 170 valence electrons. The molecule has 0 unspecified atom stereocenters. The highest BCUT2D eigenvalue weighted by atomic mass is 35.5. The number of nitrogen functional groups attached to an aromatic ring is 1. The second kappa shape index (κ2) is 10.0. The van der Waals surface area contributed by atoms with Crippen LogP contribution in [0, 0.1) is 0 Å². The van der Waals surface area contributed by atoms with E-state index in [-0.39, 0.29) is 25.4 Å². The van der Waals surface area contributed by atoms with Crippen molar-refractivity contribution in [2.24, 2.45) is 0 Å². The summed E-state index contributed by atoms with van der Waals surface area (Å²) in [5.74, 6) is 1.36. The number of carbonyl (C=O) groups excluding carboxylic acids is 1. The molecule has 1 aliphatic rings. The zero-order valence-electron chi connectivity index (χ0n) is 17.7. The van der Waals surface area contributed by atoms with Crippen molar-refractivity contribution in [3.05, 3.63) is 53.1 Å². The smallest absolute Gasteiger partial charge is 0.253 e. The van der Waals surface area contributed by atoms with Gasteiger partial charge < -0.3 is 21.3 Å². The molecule has 0 bridgehead atoms. The lowest BCUT2D eigenvalue weighted by molar-refractivity contribution is 0.0926. The predicted octanol–water partition coefficient (Wildman–Crippen LogP) is 4.72. The van der Waals surface area contributed by atoms with Crippen LogP contribution in [-0.2, 0) is 0 Å². The van der Waals surface area contributed by atoms with E-state index < -0.39 is 0 Å². The van der Waals surface area contributed by atoms with Gasteiger partial charge in [0.15, 0.2) is 0 Å². The molecule has 3 aromatic rings. The first-order valence-electron chi connectivity index (χ1n) is 10.5. The van der Waals surface area contributed by atoms with Crippen molar-refractivity contribution in [3.63, 3.8) is 0 Å². The van der Waals surface area contributed by atoms with Crippen molar-refractivity contribution >= 4 is 45.9 Å². The molecule has 4 N–H and O–H groups in total. The topological polar surface area (TPSA) is 96.2 Å². The van der Waals surface area contributed by atoms with E-state index in [9.17, 15) is 4.79 Å². The number of hydrogen-bond acceptors (Lipinski definition) is 6. The molecule has 1 saturated carbocycles. The van der Waals surface area contributed by atoms with Crippen LogP contribution in [0.25, 0.3) is 10.9 Å². The molecular formula is C24H31ClN6O. The van der Waals surface area contributed by atoms with Gasteiger partial charge in [-0.15, -0.1) is 0 Å². The van der Waals surface area contributed by atoms with E-state index in [1.165, 1.54) is 0 Å². The fraction of sp³-hybridized carbons (Fsp3) is 0.375. The summed E-state index contributed by atoms with van der Waals surface area (Å²) in [6.07, 6.45) is 3.58. The molecule has 32 heavy (non-hydrogen) atoms. The van der Waals surface area contributed by atoms with E-state index in [2.05, 4.69) is 10.6 Å². The molecule has 1 amide bonds. The van der Waals surface area contributed by atoms with Crippen LogP contribution in [0.3, 0.4) is 0 Å². The van der Waals surface area contributed by atoms with Gasteiger partial charge in [-0.1, -0.05) is 37.2 Å². The Labute approximate surface area is 194 Å². The number of nitrogens with two attached hydrogens (primary N) is 1. The lowest BCUT2D eigenvalue weighted by atomic mass is 9.91. The SMILES string of the molecule is C.CN(C)c1nc(NC2CCC(NC(=O)c3cccc(N)c3Cl)CC2)nc2ccccc12. The Balaban J connectivity index is 0.00000289. The molecule has 4 rings (SSSR count). The van der Waals surface area contributed by atoms with Crippen molar-refractivity contribution in [3.8, 4) is 0 Å². The summed E-state index contributed by atoms with van der Waals surface area (Å²) in [5, 5.41) is 7.92. The second-order valence-electron chi connectivity index (χ2n) is 8.16. The first-order valence-corrected chi connectivity index (χ1v) is 10.9. The summed E-state index contributed by atoms with van der Waals surface area (Å²) >= 11 is 6.18. The quantitative estimate of drug-likeness (QED) is 0.482. The summed E-state index contributed by atoms with van der Waals surface area (Å²) in [5.41, 5.74) is 7.56. The van der Waals surface area contributed by atoms with Crippen molar-refractivity contribution in [2.45, 2.75) is 45.2 Å². The number of nitrogens with one attached hydrogen (secondary N) is 2.